The lowest BCUT2D eigenvalue weighted by Crippen LogP contribution is -2.10. The molecule has 0 amide bonds. The number of furan rings is 4. The highest BCUT2D eigenvalue weighted by Crippen LogP contribution is 2.47. The molecule has 6 nitrogen and oxygen atoms in total. The van der Waals surface area contributed by atoms with Crippen LogP contribution in [0.25, 0.3) is 109 Å². The van der Waals surface area contributed by atoms with Gasteiger partial charge in [-0.3, -0.25) is 0 Å². The van der Waals surface area contributed by atoms with E-state index < -0.39 is 0 Å². The van der Waals surface area contributed by atoms with E-state index in [0.29, 0.717) is 0 Å². The van der Waals surface area contributed by atoms with Crippen molar-refractivity contribution < 1.29 is 17.7 Å². The molecule has 15 aromatic rings. The van der Waals surface area contributed by atoms with E-state index in [1.165, 1.54) is 0 Å². The highest BCUT2D eigenvalue weighted by molar-refractivity contribution is 6.28. The second-order valence-electron chi connectivity index (χ2n) is 17.6. The van der Waals surface area contributed by atoms with Gasteiger partial charge in [-0.15, -0.1) is 0 Å². The Morgan fingerprint density at radius 2 is 0.662 bits per heavy atom. The summed E-state index contributed by atoms with van der Waals surface area (Å²) in [5, 5.41) is 12.9. The van der Waals surface area contributed by atoms with Crippen LogP contribution in [-0.2, 0) is 0 Å². The Morgan fingerprint density at radius 3 is 1.13 bits per heavy atom. The van der Waals surface area contributed by atoms with Gasteiger partial charge < -0.3 is 27.5 Å². The number of fused-ring (bicyclic) bond motifs is 15. The normalized spacial score (nSPS) is 12.1. The van der Waals surface area contributed by atoms with Crippen LogP contribution in [-0.4, -0.2) is 0 Å². The van der Waals surface area contributed by atoms with Gasteiger partial charge in [-0.25, -0.2) is 0 Å². The number of hydrogen-bond donors (Lipinski definition) is 0. The van der Waals surface area contributed by atoms with Crippen LogP contribution in [0.1, 0.15) is 0 Å². The van der Waals surface area contributed by atoms with Crippen molar-refractivity contribution in [2.45, 2.75) is 0 Å². The molecular weight excluding hydrogens is 837 g/mol. The molecule has 0 unspecified atom stereocenters. The molecule has 0 bridgehead atoms. The molecule has 0 aliphatic heterocycles. The zero-order valence-electron chi connectivity index (χ0n) is 36.3. The maximum absolute atomic E-state index is 6.73. The van der Waals surface area contributed by atoms with Gasteiger partial charge in [0.05, 0.1) is 11.4 Å². The number of rotatable bonds is 6. The highest BCUT2D eigenvalue weighted by atomic mass is 16.3. The predicted octanol–water partition coefficient (Wildman–Crippen LogP) is 18.5. The van der Waals surface area contributed by atoms with Crippen molar-refractivity contribution in [2.75, 3.05) is 9.80 Å². The molecule has 68 heavy (non-hydrogen) atoms. The molecule has 11 aromatic carbocycles. The number of benzene rings is 11. The predicted molar refractivity (Wildman–Crippen MR) is 280 cm³/mol. The topological polar surface area (TPSA) is 59.0 Å². The van der Waals surface area contributed by atoms with Gasteiger partial charge in [0.15, 0.2) is 11.2 Å². The minimum Gasteiger partial charge on any atom is -0.456 e. The Morgan fingerprint density at radius 1 is 0.235 bits per heavy atom. The third-order valence-electron chi connectivity index (χ3n) is 13.7. The molecule has 0 fully saturated rings. The number of hydrogen-bond acceptors (Lipinski definition) is 6. The first kappa shape index (κ1) is 37.0. The first-order chi connectivity index (χ1) is 33.7. The summed E-state index contributed by atoms with van der Waals surface area (Å²) in [5.74, 6) is 0. The number of nitrogens with zero attached hydrogens (tertiary/aromatic N) is 2. The summed E-state index contributed by atoms with van der Waals surface area (Å²) in [4.78, 5) is 4.56. The summed E-state index contributed by atoms with van der Waals surface area (Å²) < 4.78 is 26.6. The third-order valence-corrected chi connectivity index (χ3v) is 13.7. The van der Waals surface area contributed by atoms with E-state index in [1.54, 1.807) is 0 Å². The maximum atomic E-state index is 6.73. The van der Waals surface area contributed by atoms with E-state index in [2.05, 4.69) is 180 Å². The molecule has 0 atom stereocenters. The largest absolute Gasteiger partial charge is 0.456 e. The van der Waals surface area contributed by atoms with Crippen molar-refractivity contribution in [3.05, 3.63) is 218 Å². The van der Waals surface area contributed by atoms with Crippen molar-refractivity contribution in [1.29, 1.82) is 0 Å². The standard InChI is InChI=1S/C62H36N2O4/c1-3-13-41(14-4-1)63(51-21-11-19-47-45-17-7-9-23-53(45)67-61(47)51)43-27-25-37-33-49-57(35-39(37)31-43)65-55-29-30-56-60(59(49)55)50-34-38-26-28-44(32-40(38)36-58(50)66-56)64(42-15-5-2-6-16-42)52-22-12-20-48-46-18-8-10-24-54(46)68-62(48)52/h1-36H. The molecule has 6 heteroatoms. The van der Waals surface area contributed by atoms with Crippen LogP contribution in [0.5, 0.6) is 0 Å². The molecule has 0 saturated heterocycles. The maximum Gasteiger partial charge on any atom is 0.159 e. The van der Waals surface area contributed by atoms with Gasteiger partial charge in [-0.2, -0.15) is 0 Å². The summed E-state index contributed by atoms with van der Waals surface area (Å²) in [6, 6.07) is 76.5. The third kappa shape index (κ3) is 5.46. The fourth-order valence-corrected chi connectivity index (χ4v) is 10.7. The van der Waals surface area contributed by atoms with E-state index in [-0.39, 0.29) is 0 Å². The average Bonchev–Trinajstić information content (AvgIpc) is 4.16. The van der Waals surface area contributed by atoms with Crippen LogP contribution in [0.4, 0.5) is 34.1 Å². The van der Waals surface area contributed by atoms with Crippen molar-refractivity contribution in [1.82, 2.24) is 0 Å². The van der Waals surface area contributed by atoms with E-state index >= 15 is 0 Å². The minimum atomic E-state index is 0.821. The Hall–Kier alpha value is -9.26. The Bertz CT molecular complexity index is 4230. The fraction of sp³-hybridized carbons (Fsp3) is 0. The van der Waals surface area contributed by atoms with Crippen molar-refractivity contribution in [3.63, 3.8) is 0 Å². The van der Waals surface area contributed by atoms with Crippen molar-refractivity contribution in [2.24, 2.45) is 0 Å². The van der Waals surface area contributed by atoms with Crippen LogP contribution in [0, 0.1) is 0 Å². The fourth-order valence-electron chi connectivity index (χ4n) is 10.7. The Balaban J connectivity index is 0.867. The second-order valence-corrected chi connectivity index (χ2v) is 17.6. The van der Waals surface area contributed by atoms with E-state index in [0.717, 1.165) is 143 Å². The van der Waals surface area contributed by atoms with Crippen LogP contribution in [0.3, 0.4) is 0 Å². The lowest BCUT2D eigenvalue weighted by molar-refractivity contribution is 0.663. The summed E-state index contributed by atoms with van der Waals surface area (Å²) in [6.45, 7) is 0. The van der Waals surface area contributed by atoms with Crippen LogP contribution in [0.2, 0.25) is 0 Å². The van der Waals surface area contributed by atoms with Gasteiger partial charge in [-0.1, -0.05) is 109 Å². The molecule has 4 aromatic heterocycles. The molecule has 0 N–H and O–H groups in total. The smallest absolute Gasteiger partial charge is 0.159 e. The molecule has 318 valence electrons. The molecule has 0 aliphatic rings. The second kappa shape index (κ2) is 14.1. The van der Waals surface area contributed by atoms with Crippen molar-refractivity contribution >= 4 is 143 Å². The van der Waals surface area contributed by atoms with E-state index in [1.807, 2.05) is 48.5 Å². The van der Waals surface area contributed by atoms with E-state index in [9.17, 15) is 0 Å². The van der Waals surface area contributed by atoms with Crippen LogP contribution >= 0.6 is 0 Å². The Labute approximate surface area is 387 Å². The van der Waals surface area contributed by atoms with Gasteiger partial charge in [0.2, 0.25) is 0 Å². The van der Waals surface area contributed by atoms with Gasteiger partial charge in [0, 0.05) is 65.8 Å². The summed E-state index contributed by atoms with van der Waals surface area (Å²) in [6.07, 6.45) is 0. The zero-order valence-corrected chi connectivity index (χ0v) is 36.3. The van der Waals surface area contributed by atoms with E-state index in [4.69, 9.17) is 17.7 Å². The van der Waals surface area contributed by atoms with Crippen LogP contribution < -0.4 is 9.80 Å². The first-order valence-corrected chi connectivity index (χ1v) is 22.9. The molecule has 0 aliphatic carbocycles. The molecule has 0 saturated carbocycles. The minimum absolute atomic E-state index is 0.821. The molecule has 0 radical (unpaired) electrons. The van der Waals surface area contributed by atoms with Crippen LogP contribution in [0.15, 0.2) is 236 Å². The molecule has 15 rings (SSSR count). The number of para-hydroxylation sites is 6. The highest BCUT2D eigenvalue weighted by Gasteiger charge is 2.23. The molecule has 4 heterocycles. The van der Waals surface area contributed by atoms with Gasteiger partial charge in [0.25, 0.3) is 0 Å². The van der Waals surface area contributed by atoms with Gasteiger partial charge >= 0.3 is 0 Å². The molecular formula is C62H36N2O4. The average molecular weight is 873 g/mol. The zero-order chi connectivity index (χ0) is 44.5. The summed E-state index contributed by atoms with van der Waals surface area (Å²) >= 11 is 0. The SMILES string of the molecule is c1ccc(N(c2ccc3cc4c(cc3c2)oc2ccc3oc5cc6cc(N(c7ccccc7)c7cccc8c7oc7ccccc78)ccc6cc5c3c24)c2cccc3c2oc2ccccc23)cc1. The Kier molecular flexibility index (Phi) is 7.69. The van der Waals surface area contributed by atoms with Crippen molar-refractivity contribution in [3.8, 4) is 0 Å². The van der Waals surface area contributed by atoms with Gasteiger partial charge in [0.1, 0.15) is 33.5 Å². The lowest BCUT2D eigenvalue weighted by atomic mass is 10.00. The monoisotopic (exact) mass is 872 g/mol. The lowest BCUT2D eigenvalue weighted by Gasteiger charge is -2.25. The summed E-state index contributed by atoms with van der Waals surface area (Å²) in [5.41, 5.74) is 12.8. The van der Waals surface area contributed by atoms with Gasteiger partial charge in [-0.05, 0) is 131 Å². The quantitative estimate of drug-likeness (QED) is 0.166. The molecule has 0 spiro atoms. The summed E-state index contributed by atoms with van der Waals surface area (Å²) in [7, 11) is 0. The first-order valence-electron chi connectivity index (χ1n) is 22.9. The number of anilines is 6.